The molecule has 3 heteroatoms. The van der Waals surface area contributed by atoms with E-state index in [1.807, 2.05) is 0 Å². The Balaban J connectivity index is 2.06. The molecular formula is C12H22O3. The molecule has 1 unspecified atom stereocenters. The highest BCUT2D eigenvalue weighted by atomic mass is 16.5. The van der Waals surface area contributed by atoms with Crippen LogP contribution in [-0.2, 0) is 9.53 Å². The van der Waals surface area contributed by atoms with Gasteiger partial charge >= 0.3 is 5.97 Å². The van der Waals surface area contributed by atoms with Crippen LogP contribution in [0.3, 0.4) is 0 Å². The largest absolute Gasteiger partial charge is 0.462 e. The van der Waals surface area contributed by atoms with Gasteiger partial charge in [0.1, 0.15) is 6.10 Å². The minimum absolute atomic E-state index is 0.0205. The van der Waals surface area contributed by atoms with Crippen molar-refractivity contribution in [3.63, 3.8) is 0 Å². The number of ether oxygens (including phenoxy) is 1. The molecule has 3 nitrogen and oxygen atoms in total. The summed E-state index contributed by atoms with van der Waals surface area (Å²) in [6.07, 6.45) is 9.11. The lowest BCUT2D eigenvalue weighted by Crippen LogP contribution is -2.15. The highest BCUT2D eigenvalue weighted by Crippen LogP contribution is 2.19. The van der Waals surface area contributed by atoms with Crippen molar-refractivity contribution in [2.75, 3.05) is 6.61 Å². The van der Waals surface area contributed by atoms with Crippen molar-refractivity contribution < 1.29 is 14.6 Å². The summed E-state index contributed by atoms with van der Waals surface area (Å²) < 4.78 is 5.33. The van der Waals surface area contributed by atoms with Crippen LogP contribution in [0.1, 0.15) is 57.8 Å². The number of unbranched alkanes of at least 4 members (excludes halogenated alkanes) is 3. The van der Waals surface area contributed by atoms with E-state index < -0.39 is 0 Å². The van der Waals surface area contributed by atoms with Gasteiger partial charge in [-0.25, -0.2) is 0 Å². The van der Waals surface area contributed by atoms with E-state index in [1.165, 1.54) is 0 Å². The topological polar surface area (TPSA) is 46.5 Å². The van der Waals surface area contributed by atoms with Crippen LogP contribution >= 0.6 is 0 Å². The quantitative estimate of drug-likeness (QED) is 0.545. The number of aliphatic hydroxyl groups excluding tert-OH is 1. The predicted molar refractivity (Wildman–Crippen MR) is 58.5 cm³/mol. The maximum Gasteiger partial charge on any atom is 0.306 e. The second-order valence-electron chi connectivity index (χ2n) is 4.28. The molecule has 0 bridgehead atoms. The van der Waals surface area contributed by atoms with E-state index in [2.05, 4.69) is 0 Å². The average Bonchev–Trinajstić information content (AvgIpc) is 2.43. The molecule has 0 amide bonds. The van der Waals surface area contributed by atoms with Gasteiger partial charge in [0.15, 0.2) is 0 Å². The van der Waals surface area contributed by atoms with Crippen LogP contribution in [0.4, 0.5) is 0 Å². The van der Waals surface area contributed by atoms with Crippen molar-refractivity contribution in [1.82, 2.24) is 0 Å². The summed E-state index contributed by atoms with van der Waals surface area (Å²) in [4.78, 5) is 11.2. The van der Waals surface area contributed by atoms with E-state index in [0.717, 1.165) is 51.4 Å². The zero-order valence-corrected chi connectivity index (χ0v) is 9.41. The molecule has 0 aliphatic carbocycles. The summed E-state index contributed by atoms with van der Waals surface area (Å²) >= 11 is 0. The van der Waals surface area contributed by atoms with Crippen LogP contribution in [-0.4, -0.2) is 23.8 Å². The highest BCUT2D eigenvalue weighted by Gasteiger charge is 2.17. The Morgan fingerprint density at radius 1 is 1.20 bits per heavy atom. The van der Waals surface area contributed by atoms with Crippen molar-refractivity contribution in [3.8, 4) is 0 Å². The Labute approximate surface area is 91.8 Å². The third kappa shape index (κ3) is 5.78. The first-order chi connectivity index (χ1) is 7.33. The second-order valence-corrected chi connectivity index (χ2v) is 4.28. The van der Waals surface area contributed by atoms with Crippen LogP contribution in [0.2, 0.25) is 0 Å². The van der Waals surface area contributed by atoms with E-state index >= 15 is 0 Å². The van der Waals surface area contributed by atoms with Gasteiger partial charge < -0.3 is 9.84 Å². The fourth-order valence-corrected chi connectivity index (χ4v) is 1.99. The molecule has 1 N–H and O–H groups in total. The van der Waals surface area contributed by atoms with Gasteiger partial charge in [-0.1, -0.05) is 12.8 Å². The lowest BCUT2D eigenvalue weighted by atomic mass is 10.0. The molecule has 1 atom stereocenters. The first-order valence-electron chi connectivity index (χ1n) is 6.13. The molecule has 15 heavy (non-hydrogen) atoms. The van der Waals surface area contributed by atoms with E-state index in [-0.39, 0.29) is 12.1 Å². The second kappa shape index (κ2) is 7.69. The lowest BCUT2D eigenvalue weighted by Gasteiger charge is -2.14. The standard InChI is InChI=1S/C12H22O3/c13-10-6-2-1-3-7-11-8-4-5-9-12(14)15-11/h11,13H,1-10H2. The average molecular weight is 214 g/mol. The molecular weight excluding hydrogens is 192 g/mol. The summed E-state index contributed by atoms with van der Waals surface area (Å²) in [5, 5.41) is 8.62. The molecule has 0 spiro atoms. The van der Waals surface area contributed by atoms with Crippen molar-refractivity contribution in [2.45, 2.75) is 63.9 Å². The van der Waals surface area contributed by atoms with Crippen molar-refractivity contribution in [2.24, 2.45) is 0 Å². The van der Waals surface area contributed by atoms with Gasteiger partial charge in [0.25, 0.3) is 0 Å². The summed E-state index contributed by atoms with van der Waals surface area (Å²) in [6.45, 7) is 0.290. The van der Waals surface area contributed by atoms with Gasteiger partial charge in [0.05, 0.1) is 0 Å². The molecule has 1 fully saturated rings. The van der Waals surface area contributed by atoms with Crippen molar-refractivity contribution >= 4 is 5.97 Å². The zero-order chi connectivity index (χ0) is 10.9. The van der Waals surface area contributed by atoms with Gasteiger partial charge in [-0.05, 0) is 38.5 Å². The summed E-state index contributed by atoms with van der Waals surface area (Å²) in [5.74, 6) is -0.0205. The van der Waals surface area contributed by atoms with Gasteiger partial charge in [-0.3, -0.25) is 4.79 Å². The molecule has 1 aliphatic rings. The number of hydrogen-bond donors (Lipinski definition) is 1. The minimum atomic E-state index is -0.0205. The molecule has 1 aliphatic heterocycles. The Kier molecular flexibility index (Phi) is 6.41. The Morgan fingerprint density at radius 2 is 2.00 bits per heavy atom. The predicted octanol–water partition coefficient (Wildman–Crippen LogP) is 2.42. The maximum absolute atomic E-state index is 11.2. The van der Waals surface area contributed by atoms with Crippen LogP contribution in [0, 0.1) is 0 Å². The Bertz CT molecular complexity index is 180. The smallest absolute Gasteiger partial charge is 0.306 e. The molecule has 1 saturated heterocycles. The van der Waals surface area contributed by atoms with Crippen LogP contribution in [0.15, 0.2) is 0 Å². The van der Waals surface area contributed by atoms with Crippen LogP contribution < -0.4 is 0 Å². The third-order valence-electron chi connectivity index (χ3n) is 2.89. The molecule has 1 heterocycles. The van der Waals surface area contributed by atoms with E-state index in [0.29, 0.717) is 13.0 Å². The lowest BCUT2D eigenvalue weighted by molar-refractivity contribution is -0.148. The van der Waals surface area contributed by atoms with Crippen LogP contribution in [0.5, 0.6) is 0 Å². The molecule has 88 valence electrons. The van der Waals surface area contributed by atoms with Gasteiger partial charge in [0, 0.05) is 13.0 Å². The fraction of sp³-hybridized carbons (Fsp3) is 0.917. The fourth-order valence-electron chi connectivity index (χ4n) is 1.99. The van der Waals surface area contributed by atoms with E-state index in [4.69, 9.17) is 9.84 Å². The third-order valence-corrected chi connectivity index (χ3v) is 2.89. The highest BCUT2D eigenvalue weighted by molar-refractivity contribution is 5.69. The van der Waals surface area contributed by atoms with Gasteiger partial charge in [-0.15, -0.1) is 0 Å². The number of carbonyl (C=O) groups excluding carboxylic acids is 1. The SMILES string of the molecule is O=C1CCCCC(CCCCCCO)O1. The number of rotatable bonds is 6. The Morgan fingerprint density at radius 3 is 2.80 bits per heavy atom. The van der Waals surface area contributed by atoms with E-state index in [1.54, 1.807) is 0 Å². The number of carbonyl (C=O) groups is 1. The maximum atomic E-state index is 11.2. The summed E-state index contributed by atoms with van der Waals surface area (Å²) in [5.41, 5.74) is 0. The molecule has 0 aromatic carbocycles. The molecule has 0 radical (unpaired) electrons. The molecule has 0 aromatic rings. The molecule has 0 aromatic heterocycles. The number of cyclic esters (lactones) is 1. The molecule has 1 rings (SSSR count). The number of esters is 1. The normalized spacial score (nSPS) is 22.2. The van der Waals surface area contributed by atoms with Crippen molar-refractivity contribution in [3.05, 3.63) is 0 Å². The minimum Gasteiger partial charge on any atom is -0.462 e. The molecule has 0 saturated carbocycles. The van der Waals surface area contributed by atoms with Gasteiger partial charge in [0.2, 0.25) is 0 Å². The summed E-state index contributed by atoms with van der Waals surface area (Å²) in [6, 6.07) is 0. The zero-order valence-electron chi connectivity index (χ0n) is 9.41. The monoisotopic (exact) mass is 214 g/mol. The first kappa shape index (κ1) is 12.5. The van der Waals surface area contributed by atoms with Gasteiger partial charge in [-0.2, -0.15) is 0 Å². The first-order valence-corrected chi connectivity index (χ1v) is 6.13. The number of hydrogen-bond acceptors (Lipinski definition) is 3. The van der Waals surface area contributed by atoms with E-state index in [9.17, 15) is 4.79 Å². The Hall–Kier alpha value is -0.570. The van der Waals surface area contributed by atoms with Crippen molar-refractivity contribution in [1.29, 1.82) is 0 Å². The summed E-state index contributed by atoms with van der Waals surface area (Å²) in [7, 11) is 0. The number of aliphatic hydroxyl groups is 1. The van der Waals surface area contributed by atoms with Crippen LogP contribution in [0.25, 0.3) is 0 Å².